The molecule has 0 aromatic heterocycles. The van der Waals surface area contributed by atoms with Crippen molar-refractivity contribution in [1.29, 1.82) is 0 Å². The van der Waals surface area contributed by atoms with E-state index in [-0.39, 0.29) is 22.5 Å². The molecule has 0 radical (unpaired) electrons. The molecule has 3 aromatic rings. The van der Waals surface area contributed by atoms with Gasteiger partial charge in [0, 0.05) is 42.0 Å². The van der Waals surface area contributed by atoms with Gasteiger partial charge in [0.2, 0.25) is 15.9 Å². The standard InChI is InChI=1S/C26H27F2N3O4S/c1-2-6-24(32)31-15-13-17(14-16-31)30-36(34,35)23-12-11-22(18-7-3-4-8-19(18)23)29-26(33)25-20(27)9-5-10-21(25)28/h3-5,7-12,17,30H,2,6,13-16H2,1H3,(H,29,33). The number of anilines is 1. The summed E-state index contributed by atoms with van der Waals surface area (Å²) in [5, 5.41) is 3.26. The Balaban J connectivity index is 1.56. The van der Waals surface area contributed by atoms with Crippen LogP contribution >= 0.6 is 0 Å². The van der Waals surface area contributed by atoms with Crippen LogP contribution in [0.1, 0.15) is 43.0 Å². The molecule has 7 nitrogen and oxygen atoms in total. The van der Waals surface area contributed by atoms with Crippen LogP contribution in [0.4, 0.5) is 14.5 Å². The Kier molecular flexibility index (Phi) is 7.65. The largest absolute Gasteiger partial charge is 0.343 e. The van der Waals surface area contributed by atoms with Gasteiger partial charge in [0.15, 0.2) is 0 Å². The van der Waals surface area contributed by atoms with E-state index in [2.05, 4.69) is 10.0 Å². The number of likely N-dealkylation sites (tertiary alicyclic amines) is 1. The first-order valence-corrected chi connectivity index (χ1v) is 13.3. The van der Waals surface area contributed by atoms with Crippen LogP contribution in [0.2, 0.25) is 0 Å². The van der Waals surface area contributed by atoms with Crippen molar-refractivity contribution in [1.82, 2.24) is 9.62 Å². The number of rotatable bonds is 7. The van der Waals surface area contributed by atoms with E-state index in [0.29, 0.717) is 43.1 Å². The van der Waals surface area contributed by atoms with Crippen molar-refractivity contribution in [2.75, 3.05) is 18.4 Å². The van der Waals surface area contributed by atoms with Gasteiger partial charge in [-0.25, -0.2) is 21.9 Å². The molecule has 1 aliphatic rings. The average Bonchev–Trinajstić information content (AvgIpc) is 2.84. The molecule has 4 rings (SSSR count). The van der Waals surface area contributed by atoms with Gasteiger partial charge in [-0.1, -0.05) is 37.3 Å². The number of nitrogens with one attached hydrogen (secondary N) is 2. The number of hydrogen-bond acceptors (Lipinski definition) is 4. The highest BCUT2D eigenvalue weighted by Gasteiger charge is 2.28. The molecule has 1 heterocycles. The van der Waals surface area contributed by atoms with E-state index in [1.807, 2.05) is 6.92 Å². The summed E-state index contributed by atoms with van der Waals surface area (Å²) in [4.78, 5) is 26.5. The molecule has 1 aliphatic heterocycles. The normalized spacial score (nSPS) is 14.7. The van der Waals surface area contributed by atoms with Crippen molar-refractivity contribution >= 4 is 38.3 Å². The van der Waals surface area contributed by atoms with Crippen LogP contribution in [0, 0.1) is 11.6 Å². The van der Waals surface area contributed by atoms with Crippen LogP contribution in [-0.2, 0) is 14.8 Å². The zero-order chi connectivity index (χ0) is 25.9. The van der Waals surface area contributed by atoms with Crippen molar-refractivity contribution in [2.45, 2.75) is 43.5 Å². The number of carbonyl (C=O) groups excluding carboxylic acids is 2. The van der Waals surface area contributed by atoms with Crippen molar-refractivity contribution in [3.63, 3.8) is 0 Å². The molecule has 0 saturated carbocycles. The smallest absolute Gasteiger partial charge is 0.261 e. The van der Waals surface area contributed by atoms with Crippen molar-refractivity contribution in [2.24, 2.45) is 0 Å². The quantitative estimate of drug-likeness (QED) is 0.486. The molecular weight excluding hydrogens is 488 g/mol. The van der Waals surface area contributed by atoms with Gasteiger partial charge in [-0.15, -0.1) is 0 Å². The highest BCUT2D eigenvalue weighted by atomic mass is 32.2. The molecular formula is C26H27F2N3O4S. The molecule has 0 aliphatic carbocycles. The fraction of sp³-hybridized carbons (Fsp3) is 0.308. The number of fused-ring (bicyclic) bond motifs is 1. The van der Waals surface area contributed by atoms with Gasteiger partial charge in [0.25, 0.3) is 5.91 Å². The van der Waals surface area contributed by atoms with Crippen LogP contribution in [0.3, 0.4) is 0 Å². The molecule has 0 unspecified atom stereocenters. The average molecular weight is 516 g/mol. The maximum Gasteiger partial charge on any atom is 0.261 e. The molecule has 1 fully saturated rings. The topological polar surface area (TPSA) is 95.6 Å². The number of hydrogen-bond donors (Lipinski definition) is 2. The van der Waals surface area contributed by atoms with Crippen LogP contribution in [0.15, 0.2) is 59.5 Å². The molecule has 0 spiro atoms. The monoisotopic (exact) mass is 515 g/mol. The van der Waals surface area contributed by atoms with Crippen molar-refractivity contribution in [3.8, 4) is 0 Å². The van der Waals surface area contributed by atoms with E-state index in [9.17, 15) is 26.8 Å². The summed E-state index contributed by atoms with van der Waals surface area (Å²) in [7, 11) is -3.93. The fourth-order valence-electron chi connectivity index (χ4n) is 4.42. The number of halogens is 2. The van der Waals surface area contributed by atoms with E-state index in [0.717, 1.165) is 24.6 Å². The number of benzene rings is 3. The fourth-order valence-corrected chi connectivity index (χ4v) is 5.93. The summed E-state index contributed by atoms with van der Waals surface area (Å²) in [6.07, 6.45) is 2.27. The van der Waals surface area contributed by atoms with Gasteiger partial charge >= 0.3 is 0 Å². The molecule has 0 atom stereocenters. The van der Waals surface area contributed by atoms with Crippen LogP contribution in [0.25, 0.3) is 10.8 Å². The molecule has 1 saturated heterocycles. The second-order valence-corrected chi connectivity index (χ2v) is 10.4. The third-order valence-corrected chi connectivity index (χ3v) is 7.82. The van der Waals surface area contributed by atoms with Gasteiger partial charge in [-0.3, -0.25) is 9.59 Å². The van der Waals surface area contributed by atoms with E-state index in [4.69, 9.17) is 0 Å². The summed E-state index contributed by atoms with van der Waals surface area (Å²) < 4.78 is 57.5. The van der Waals surface area contributed by atoms with Crippen LogP contribution in [-0.4, -0.2) is 44.3 Å². The second-order valence-electron chi connectivity index (χ2n) is 8.73. The van der Waals surface area contributed by atoms with Gasteiger partial charge in [0.05, 0.1) is 4.90 Å². The Morgan fingerprint density at radius 2 is 1.58 bits per heavy atom. The lowest BCUT2D eigenvalue weighted by Crippen LogP contribution is -2.46. The minimum Gasteiger partial charge on any atom is -0.343 e. The number of nitrogens with zero attached hydrogens (tertiary/aromatic N) is 1. The Morgan fingerprint density at radius 3 is 2.22 bits per heavy atom. The first kappa shape index (κ1) is 25.7. The summed E-state index contributed by atoms with van der Waals surface area (Å²) in [5.41, 5.74) is -0.497. The Bertz CT molecular complexity index is 1380. The highest BCUT2D eigenvalue weighted by Crippen LogP contribution is 2.31. The number of sulfonamides is 1. The molecule has 10 heteroatoms. The molecule has 0 bridgehead atoms. The lowest BCUT2D eigenvalue weighted by atomic mass is 10.1. The van der Waals surface area contributed by atoms with E-state index in [1.54, 1.807) is 29.2 Å². The summed E-state index contributed by atoms with van der Waals surface area (Å²) in [5.74, 6) is -2.89. The molecule has 2 amide bonds. The minimum atomic E-state index is -3.93. The Hall–Kier alpha value is -3.37. The predicted octanol–water partition coefficient (Wildman–Crippen LogP) is 4.44. The molecule has 36 heavy (non-hydrogen) atoms. The maximum atomic E-state index is 14.1. The Labute approximate surface area is 208 Å². The third-order valence-electron chi connectivity index (χ3n) is 6.24. The first-order chi connectivity index (χ1) is 17.2. The Morgan fingerprint density at radius 1 is 0.944 bits per heavy atom. The van der Waals surface area contributed by atoms with Gasteiger partial charge < -0.3 is 10.2 Å². The second kappa shape index (κ2) is 10.7. The molecule has 2 N–H and O–H groups in total. The zero-order valence-electron chi connectivity index (χ0n) is 19.8. The summed E-state index contributed by atoms with van der Waals surface area (Å²) >= 11 is 0. The first-order valence-electron chi connectivity index (χ1n) is 11.8. The van der Waals surface area contributed by atoms with E-state index < -0.39 is 33.1 Å². The van der Waals surface area contributed by atoms with Crippen molar-refractivity contribution in [3.05, 3.63) is 71.8 Å². The number of piperidine rings is 1. The molecule has 3 aromatic carbocycles. The minimum absolute atomic E-state index is 0.0256. The van der Waals surface area contributed by atoms with E-state index in [1.165, 1.54) is 12.1 Å². The number of carbonyl (C=O) groups is 2. The zero-order valence-corrected chi connectivity index (χ0v) is 20.6. The highest BCUT2D eigenvalue weighted by molar-refractivity contribution is 7.89. The van der Waals surface area contributed by atoms with Gasteiger partial charge in [0.1, 0.15) is 17.2 Å². The van der Waals surface area contributed by atoms with E-state index >= 15 is 0 Å². The lowest BCUT2D eigenvalue weighted by Gasteiger charge is -2.32. The molecule has 190 valence electrons. The van der Waals surface area contributed by atoms with Gasteiger partial charge in [-0.05, 0) is 43.5 Å². The van der Waals surface area contributed by atoms with Crippen molar-refractivity contribution < 1.29 is 26.8 Å². The SMILES string of the molecule is CCCC(=O)N1CCC(NS(=O)(=O)c2ccc(NC(=O)c3c(F)cccc3F)c3ccccc23)CC1. The van der Waals surface area contributed by atoms with Gasteiger partial charge in [-0.2, -0.15) is 0 Å². The van der Waals surface area contributed by atoms with Crippen LogP contribution < -0.4 is 10.0 Å². The maximum absolute atomic E-state index is 14.1. The van der Waals surface area contributed by atoms with Crippen LogP contribution in [0.5, 0.6) is 0 Å². The summed E-state index contributed by atoms with van der Waals surface area (Å²) in [6.45, 7) is 2.92. The lowest BCUT2D eigenvalue weighted by molar-refractivity contribution is -0.132. The predicted molar refractivity (Wildman–Crippen MR) is 133 cm³/mol. The number of amides is 2. The third kappa shape index (κ3) is 5.39. The summed E-state index contributed by atoms with van der Waals surface area (Å²) in [6, 6.07) is 12.2.